The minimum absolute atomic E-state index is 0.0797. The molecule has 1 aliphatic carbocycles. The van der Waals surface area contributed by atoms with E-state index in [1.54, 1.807) is 6.33 Å². The van der Waals surface area contributed by atoms with Crippen LogP contribution in [0.3, 0.4) is 0 Å². The van der Waals surface area contributed by atoms with Gasteiger partial charge in [0.1, 0.15) is 12.2 Å². The molecule has 1 amide bonds. The van der Waals surface area contributed by atoms with E-state index in [-0.39, 0.29) is 6.04 Å². The van der Waals surface area contributed by atoms with Crippen molar-refractivity contribution in [3.05, 3.63) is 12.2 Å². The number of hydrogen-bond acceptors (Lipinski definition) is 4. The molecule has 0 N–H and O–H groups in total. The molecule has 1 atom stereocenters. The summed E-state index contributed by atoms with van der Waals surface area (Å²) >= 11 is 0. The molecule has 6 nitrogen and oxygen atoms in total. The fraction of sp³-hybridized carbons (Fsp3) is 0.750. The molecule has 0 aromatic carbocycles. The quantitative estimate of drug-likeness (QED) is 0.730. The second-order valence-electron chi connectivity index (χ2n) is 5.44. The van der Waals surface area contributed by atoms with Gasteiger partial charge < -0.3 is 4.90 Å². The van der Waals surface area contributed by atoms with E-state index in [1.807, 2.05) is 4.68 Å². The van der Waals surface area contributed by atoms with Crippen LogP contribution < -0.4 is 0 Å². The van der Waals surface area contributed by atoms with Crippen molar-refractivity contribution in [1.82, 2.24) is 24.6 Å². The van der Waals surface area contributed by atoms with Crippen molar-refractivity contribution in [3.63, 3.8) is 0 Å². The lowest BCUT2D eigenvalue weighted by Crippen LogP contribution is -2.46. The van der Waals surface area contributed by atoms with Crippen LogP contribution in [0.1, 0.15) is 25.1 Å². The Morgan fingerprint density at radius 2 is 2.06 bits per heavy atom. The number of carbonyl (C=O) groups is 1. The van der Waals surface area contributed by atoms with E-state index in [0.29, 0.717) is 11.9 Å². The SMILES string of the molecule is O=C1C(N2CCn3ncnc3C2)CCN1C1CC1. The van der Waals surface area contributed by atoms with Gasteiger partial charge in [0.15, 0.2) is 0 Å². The minimum Gasteiger partial charge on any atom is -0.338 e. The van der Waals surface area contributed by atoms with Crippen molar-refractivity contribution in [2.75, 3.05) is 13.1 Å². The molecule has 3 heterocycles. The topological polar surface area (TPSA) is 54.3 Å². The van der Waals surface area contributed by atoms with Crippen molar-refractivity contribution in [3.8, 4) is 0 Å². The molecule has 2 aliphatic heterocycles. The third-order valence-electron chi connectivity index (χ3n) is 4.28. The van der Waals surface area contributed by atoms with E-state index in [0.717, 1.165) is 38.4 Å². The summed E-state index contributed by atoms with van der Waals surface area (Å²) in [6.45, 7) is 3.46. The van der Waals surface area contributed by atoms with Gasteiger partial charge >= 0.3 is 0 Å². The van der Waals surface area contributed by atoms with Gasteiger partial charge in [0.05, 0.1) is 19.1 Å². The van der Waals surface area contributed by atoms with E-state index in [4.69, 9.17) is 0 Å². The molecule has 1 saturated heterocycles. The zero-order chi connectivity index (χ0) is 12.1. The van der Waals surface area contributed by atoms with Crippen LogP contribution in [0.4, 0.5) is 0 Å². The summed E-state index contributed by atoms with van der Waals surface area (Å²) in [6, 6.07) is 0.631. The lowest BCUT2D eigenvalue weighted by molar-refractivity contribution is -0.133. The summed E-state index contributed by atoms with van der Waals surface area (Å²) < 4.78 is 1.94. The van der Waals surface area contributed by atoms with Crippen molar-refractivity contribution in [2.24, 2.45) is 0 Å². The second-order valence-corrected chi connectivity index (χ2v) is 5.44. The Morgan fingerprint density at radius 3 is 2.89 bits per heavy atom. The maximum absolute atomic E-state index is 12.4. The first-order valence-corrected chi connectivity index (χ1v) is 6.74. The summed E-state index contributed by atoms with van der Waals surface area (Å²) in [6.07, 6.45) is 4.98. The zero-order valence-corrected chi connectivity index (χ0v) is 10.3. The second kappa shape index (κ2) is 3.78. The van der Waals surface area contributed by atoms with Crippen LogP contribution in [-0.2, 0) is 17.9 Å². The van der Waals surface area contributed by atoms with Gasteiger partial charge in [-0.05, 0) is 19.3 Å². The predicted octanol–water partition coefficient (Wildman–Crippen LogP) is -0.143. The number of rotatable bonds is 2. The Labute approximate surface area is 106 Å². The van der Waals surface area contributed by atoms with Crippen molar-refractivity contribution < 1.29 is 4.79 Å². The maximum atomic E-state index is 12.4. The van der Waals surface area contributed by atoms with Crippen molar-refractivity contribution >= 4 is 5.91 Å². The molecule has 1 aromatic heterocycles. The lowest BCUT2D eigenvalue weighted by Gasteiger charge is -2.30. The number of fused-ring (bicyclic) bond motifs is 1. The standard InChI is InChI=1S/C12H17N5O/c18-12-10(3-4-16(12)9-1-2-9)15-5-6-17-11(7-15)13-8-14-17/h8-10H,1-7H2. The average molecular weight is 247 g/mol. The highest BCUT2D eigenvalue weighted by molar-refractivity contribution is 5.84. The Morgan fingerprint density at radius 1 is 1.17 bits per heavy atom. The van der Waals surface area contributed by atoms with Gasteiger partial charge in [-0.2, -0.15) is 5.10 Å². The molecule has 4 rings (SSSR count). The van der Waals surface area contributed by atoms with Gasteiger partial charge in [0, 0.05) is 19.1 Å². The smallest absolute Gasteiger partial charge is 0.240 e. The van der Waals surface area contributed by atoms with Gasteiger partial charge in [-0.1, -0.05) is 0 Å². The number of aromatic nitrogens is 3. The minimum atomic E-state index is 0.0797. The molecule has 96 valence electrons. The molecular formula is C12H17N5O. The van der Waals surface area contributed by atoms with E-state index in [1.165, 1.54) is 12.8 Å². The fourth-order valence-corrected chi connectivity index (χ4v) is 3.12. The normalized spacial score (nSPS) is 28.8. The summed E-state index contributed by atoms with van der Waals surface area (Å²) in [5.41, 5.74) is 0. The lowest BCUT2D eigenvalue weighted by atomic mass is 10.2. The molecule has 18 heavy (non-hydrogen) atoms. The van der Waals surface area contributed by atoms with E-state index >= 15 is 0 Å². The number of hydrogen-bond donors (Lipinski definition) is 0. The zero-order valence-electron chi connectivity index (χ0n) is 10.3. The van der Waals surface area contributed by atoms with Crippen molar-refractivity contribution in [2.45, 2.75) is 44.4 Å². The van der Waals surface area contributed by atoms with Crippen LogP contribution >= 0.6 is 0 Å². The number of carbonyl (C=O) groups excluding carboxylic acids is 1. The van der Waals surface area contributed by atoms with Gasteiger partial charge in [-0.15, -0.1) is 0 Å². The average Bonchev–Trinajstić information content (AvgIpc) is 2.99. The predicted molar refractivity (Wildman–Crippen MR) is 63.6 cm³/mol. The van der Waals surface area contributed by atoms with Crippen LogP contribution in [0.15, 0.2) is 6.33 Å². The molecule has 0 spiro atoms. The number of amides is 1. The van der Waals surface area contributed by atoms with Crippen LogP contribution in [0.2, 0.25) is 0 Å². The largest absolute Gasteiger partial charge is 0.338 e. The summed E-state index contributed by atoms with van der Waals surface area (Å²) in [4.78, 5) is 21.0. The first-order chi connectivity index (χ1) is 8.83. The van der Waals surface area contributed by atoms with E-state index in [2.05, 4.69) is 19.9 Å². The molecule has 3 aliphatic rings. The highest BCUT2D eigenvalue weighted by Gasteiger charge is 2.43. The van der Waals surface area contributed by atoms with Gasteiger partial charge in [0.25, 0.3) is 0 Å². The third-order valence-corrected chi connectivity index (χ3v) is 4.28. The third kappa shape index (κ3) is 1.55. The van der Waals surface area contributed by atoms with E-state index < -0.39 is 0 Å². The molecule has 1 saturated carbocycles. The monoisotopic (exact) mass is 247 g/mol. The molecule has 1 unspecified atom stereocenters. The molecule has 0 bridgehead atoms. The van der Waals surface area contributed by atoms with Crippen LogP contribution in [-0.4, -0.2) is 55.6 Å². The Hall–Kier alpha value is -1.43. The molecule has 0 radical (unpaired) electrons. The first-order valence-electron chi connectivity index (χ1n) is 6.74. The molecular weight excluding hydrogens is 230 g/mol. The van der Waals surface area contributed by atoms with Crippen LogP contribution in [0.25, 0.3) is 0 Å². The molecule has 6 heteroatoms. The van der Waals surface area contributed by atoms with Crippen molar-refractivity contribution in [1.29, 1.82) is 0 Å². The van der Waals surface area contributed by atoms with Gasteiger partial charge in [-0.3, -0.25) is 9.69 Å². The summed E-state index contributed by atoms with van der Waals surface area (Å²) in [7, 11) is 0. The number of likely N-dealkylation sites (tertiary alicyclic amines) is 1. The number of nitrogens with zero attached hydrogens (tertiary/aromatic N) is 5. The fourth-order valence-electron chi connectivity index (χ4n) is 3.12. The molecule has 1 aromatic rings. The maximum Gasteiger partial charge on any atom is 0.240 e. The molecule has 2 fully saturated rings. The Balaban J connectivity index is 1.50. The van der Waals surface area contributed by atoms with Gasteiger partial charge in [-0.25, -0.2) is 9.67 Å². The highest BCUT2D eigenvalue weighted by Crippen LogP contribution is 2.32. The van der Waals surface area contributed by atoms with Crippen LogP contribution in [0.5, 0.6) is 0 Å². The highest BCUT2D eigenvalue weighted by atomic mass is 16.2. The van der Waals surface area contributed by atoms with E-state index in [9.17, 15) is 4.79 Å². The Kier molecular flexibility index (Phi) is 2.20. The summed E-state index contributed by atoms with van der Waals surface area (Å²) in [5.74, 6) is 1.32. The summed E-state index contributed by atoms with van der Waals surface area (Å²) in [5, 5.41) is 4.17. The van der Waals surface area contributed by atoms with Gasteiger partial charge in [0.2, 0.25) is 5.91 Å². The van der Waals surface area contributed by atoms with Crippen LogP contribution in [0, 0.1) is 0 Å². The Bertz CT molecular complexity index is 481. The first kappa shape index (κ1) is 10.5.